The Morgan fingerprint density at radius 3 is 2.45 bits per heavy atom. The third kappa shape index (κ3) is 2.25. The lowest BCUT2D eigenvalue weighted by molar-refractivity contribution is 0.616. The number of imidazole rings is 1. The minimum absolute atomic E-state index is 0.122. The fraction of sp³-hybridized carbons (Fsp3) is 0. The molecule has 0 bridgehead atoms. The third-order valence-electron chi connectivity index (χ3n) is 5.97. The largest absolute Gasteiger partial charge is 0.424 e. The first-order valence-corrected chi connectivity index (χ1v) is 10.1. The van der Waals surface area contributed by atoms with E-state index in [2.05, 4.69) is 40.3 Å². The molecule has 4 aromatic carbocycles. The lowest BCUT2D eigenvalue weighted by atomic mass is 10.0. The fourth-order valence-corrected chi connectivity index (χ4v) is 4.48. The van der Waals surface area contributed by atoms with Gasteiger partial charge in [0.2, 0.25) is 0 Å². The Kier molecular flexibility index (Phi) is 3.09. The van der Waals surface area contributed by atoms with Crippen molar-refractivity contribution >= 4 is 49.7 Å². The van der Waals surface area contributed by atoms with Crippen LogP contribution in [0.1, 0.15) is 0 Å². The summed E-state index contributed by atoms with van der Waals surface area (Å²) < 4.78 is 7.49. The summed E-state index contributed by atoms with van der Waals surface area (Å²) in [7, 11) is 0. The predicted octanol–water partition coefficient (Wildman–Crippen LogP) is 5.90. The predicted molar refractivity (Wildman–Crippen MR) is 124 cm³/mol. The van der Waals surface area contributed by atoms with E-state index < -0.39 is 0 Å². The summed E-state index contributed by atoms with van der Waals surface area (Å²) in [4.78, 5) is 21.3. The molecule has 0 radical (unpaired) electrons. The summed E-state index contributed by atoms with van der Waals surface area (Å²) >= 11 is 0. The Morgan fingerprint density at radius 1 is 0.742 bits per heavy atom. The van der Waals surface area contributed by atoms with Gasteiger partial charge in [-0.25, -0.2) is 4.40 Å². The third-order valence-corrected chi connectivity index (χ3v) is 5.97. The van der Waals surface area contributed by atoms with Gasteiger partial charge in [-0.05, 0) is 47.5 Å². The molecule has 31 heavy (non-hydrogen) atoms. The highest BCUT2D eigenvalue weighted by molar-refractivity contribution is 6.12. The SMILES string of the molecule is O=c1c2ccccc2oc2nc3cc4[nH]c5ccc(-c6ccccc6)cc5c4cc3n12. The van der Waals surface area contributed by atoms with E-state index in [0.29, 0.717) is 16.8 Å². The number of hydrogen-bond donors (Lipinski definition) is 1. The van der Waals surface area contributed by atoms with Gasteiger partial charge in [-0.3, -0.25) is 4.79 Å². The van der Waals surface area contributed by atoms with Crippen LogP contribution in [0.5, 0.6) is 0 Å². The molecule has 0 spiro atoms. The highest BCUT2D eigenvalue weighted by atomic mass is 16.3. The molecular weight excluding hydrogens is 386 g/mol. The van der Waals surface area contributed by atoms with Crippen molar-refractivity contribution in [3.05, 3.63) is 95.3 Å². The lowest BCUT2D eigenvalue weighted by Crippen LogP contribution is -2.12. The Labute approximate surface area is 175 Å². The minimum Gasteiger partial charge on any atom is -0.424 e. The lowest BCUT2D eigenvalue weighted by Gasteiger charge is -2.02. The van der Waals surface area contributed by atoms with E-state index in [0.717, 1.165) is 38.4 Å². The quantitative estimate of drug-likeness (QED) is 0.373. The number of benzene rings is 4. The maximum Gasteiger partial charge on any atom is 0.310 e. The van der Waals surface area contributed by atoms with E-state index in [-0.39, 0.29) is 5.56 Å². The van der Waals surface area contributed by atoms with Gasteiger partial charge < -0.3 is 9.40 Å². The molecular formula is C26H15N3O2. The first-order chi connectivity index (χ1) is 15.3. The molecule has 0 atom stereocenters. The van der Waals surface area contributed by atoms with Crippen molar-refractivity contribution in [2.45, 2.75) is 0 Å². The van der Waals surface area contributed by atoms with E-state index in [4.69, 9.17) is 4.42 Å². The highest BCUT2D eigenvalue weighted by Crippen LogP contribution is 2.32. The standard InChI is InChI=1S/C26H15N3O2/c30-25-17-8-4-5-9-24(17)31-26-28-22-14-21-19(13-23(22)29(25)26)18-12-16(10-11-20(18)27-21)15-6-2-1-3-7-15/h1-14,27H. The van der Waals surface area contributed by atoms with Crippen molar-refractivity contribution in [1.29, 1.82) is 0 Å². The van der Waals surface area contributed by atoms with Crippen molar-refractivity contribution in [2.24, 2.45) is 0 Å². The average molecular weight is 401 g/mol. The van der Waals surface area contributed by atoms with Crippen LogP contribution in [0.3, 0.4) is 0 Å². The van der Waals surface area contributed by atoms with Gasteiger partial charge in [-0.1, -0.05) is 48.5 Å². The van der Waals surface area contributed by atoms with Crippen LogP contribution in [-0.2, 0) is 0 Å². The molecule has 0 saturated heterocycles. The van der Waals surface area contributed by atoms with Crippen LogP contribution >= 0.6 is 0 Å². The maximum absolute atomic E-state index is 13.2. The van der Waals surface area contributed by atoms with Crippen molar-refractivity contribution in [1.82, 2.24) is 14.4 Å². The van der Waals surface area contributed by atoms with Gasteiger partial charge in [0.05, 0.1) is 16.4 Å². The van der Waals surface area contributed by atoms with Gasteiger partial charge in [-0.15, -0.1) is 0 Å². The summed E-state index contributed by atoms with van der Waals surface area (Å²) in [5.74, 6) is 0.306. The molecule has 0 saturated carbocycles. The average Bonchev–Trinajstić information content (AvgIpc) is 3.35. The van der Waals surface area contributed by atoms with Crippen LogP contribution in [-0.4, -0.2) is 14.4 Å². The number of aromatic amines is 1. The minimum atomic E-state index is -0.122. The smallest absolute Gasteiger partial charge is 0.310 e. The van der Waals surface area contributed by atoms with Crippen molar-refractivity contribution in [3.8, 4) is 11.1 Å². The first kappa shape index (κ1) is 16.4. The van der Waals surface area contributed by atoms with Crippen LogP contribution in [0.25, 0.3) is 60.8 Å². The molecule has 0 fully saturated rings. The molecule has 0 aliphatic carbocycles. The first-order valence-electron chi connectivity index (χ1n) is 10.1. The second kappa shape index (κ2) is 5.83. The topological polar surface area (TPSA) is 63.3 Å². The van der Waals surface area contributed by atoms with Crippen molar-refractivity contribution < 1.29 is 4.42 Å². The Balaban J connectivity index is 1.58. The monoisotopic (exact) mass is 401 g/mol. The van der Waals surface area contributed by atoms with Gasteiger partial charge in [0.15, 0.2) is 0 Å². The van der Waals surface area contributed by atoms with E-state index >= 15 is 0 Å². The van der Waals surface area contributed by atoms with Crippen LogP contribution in [0, 0.1) is 0 Å². The Morgan fingerprint density at radius 2 is 1.55 bits per heavy atom. The van der Waals surface area contributed by atoms with Crippen LogP contribution in [0.4, 0.5) is 0 Å². The maximum atomic E-state index is 13.2. The van der Waals surface area contributed by atoms with Gasteiger partial charge in [0.1, 0.15) is 5.58 Å². The van der Waals surface area contributed by atoms with Crippen molar-refractivity contribution in [3.63, 3.8) is 0 Å². The molecule has 0 unspecified atom stereocenters. The van der Waals surface area contributed by atoms with Crippen LogP contribution < -0.4 is 5.56 Å². The molecule has 0 amide bonds. The van der Waals surface area contributed by atoms with Crippen LogP contribution in [0.2, 0.25) is 0 Å². The fourth-order valence-electron chi connectivity index (χ4n) is 4.48. The summed E-state index contributed by atoms with van der Waals surface area (Å²) in [5.41, 5.74) is 6.23. The summed E-state index contributed by atoms with van der Waals surface area (Å²) in [5, 5.41) is 2.70. The number of aromatic nitrogens is 3. The zero-order chi connectivity index (χ0) is 20.5. The zero-order valence-electron chi connectivity index (χ0n) is 16.3. The zero-order valence-corrected chi connectivity index (χ0v) is 16.3. The second-order valence-electron chi connectivity index (χ2n) is 7.77. The van der Waals surface area contributed by atoms with Gasteiger partial charge in [0.25, 0.3) is 5.56 Å². The Hall–Kier alpha value is -4.38. The number of nitrogens with one attached hydrogen (secondary N) is 1. The summed E-state index contributed by atoms with van der Waals surface area (Å²) in [6, 6.07) is 28.0. The molecule has 5 heteroatoms. The summed E-state index contributed by atoms with van der Waals surface area (Å²) in [6.07, 6.45) is 0. The molecule has 0 aliphatic heterocycles. The van der Waals surface area contributed by atoms with Gasteiger partial charge in [-0.2, -0.15) is 4.98 Å². The van der Waals surface area contributed by atoms with Gasteiger partial charge in [0, 0.05) is 21.8 Å². The number of hydrogen-bond acceptors (Lipinski definition) is 3. The highest BCUT2D eigenvalue weighted by Gasteiger charge is 2.15. The molecule has 3 heterocycles. The van der Waals surface area contributed by atoms with Crippen LogP contribution in [0.15, 0.2) is 94.1 Å². The molecule has 146 valence electrons. The Bertz CT molecular complexity index is 1860. The molecule has 5 nitrogen and oxygen atoms in total. The van der Waals surface area contributed by atoms with E-state index in [1.807, 2.05) is 42.5 Å². The molecule has 7 aromatic rings. The van der Waals surface area contributed by atoms with E-state index in [1.165, 1.54) is 5.56 Å². The number of fused-ring (bicyclic) bond motifs is 7. The van der Waals surface area contributed by atoms with E-state index in [1.54, 1.807) is 16.5 Å². The molecule has 0 aliphatic rings. The number of rotatable bonds is 1. The molecule has 3 aromatic heterocycles. The number of nitrogens with zero attached hydrogens (tertiary/aromatic N) is 2. The number of para-hydroxylation sites is 1. The molecule has 7 rings (SSSR count). The van der Waals surface area contributed by atoms with Gasteiger partial charge >= 0.3 is 5.84 Å². The van der Waals surface area contributed by atoms with Crippen molar-refractivity contribution in [2.75, 3.05) is 0 Å². The number of H-pyrrole nitrogens is 1. The summed E-state index contributed by atoms with van der Waals surface area (Å²) in [6.45, 7) is 0. The van der Waals surface area contributed by atoms with E-state index in [9.17, 15) is 4.79 Å². The molecule has 1 N–H and O–H groups in total. The normalized spacial score (nSPS) is 12.0. The second-order valence-corrected chi connectivity index (χ2v) is 7.77.